The molecule has 0 saturated carbocycles. The molecule has 2 nitrogen and oxygen atoms in total. The van der Waals surface area contributed by atoms with E-state index in [2.05, 4.69) is 31.9 Å². The molecule has 0 aromatic rings. The molecule has 1 heterocycles. The highest BCUT2D eigenvalue weighted by atomic mass is 15.2. The maximum atomic E-state index is 8.01. The first-order chi connectivity index (χ1) is 6.09. The van der Waals surface area contributed by atoms with Gasteiger partial charge < -0.3 is 10.3 Å². The van der Waals surface area contributed by atoms with Gasteiger partial charge in [-0.1, -0.05) is 18.6 Å². The molecule has 1 fully saturated rings. The van der Waals surface area contributed by atoms with Crippen molar-refractivity contribution in [2.24, 2.45) is 17.8 Å². The molecule has 2 aliphatic rings. The smallest absolute Gasteiger partial charge is 0.0359 e. The van der Waals surface area contributed by atoms with Crippen LogP contribution in [0.5, 0.6) is 0 Å². The lowest BCUT2D eigenvalue weighted by Crippen LogP contribution is -2.48. The zero-order chi connectivity index (χ0) is 9.59. The third kappa shape index (κ3) is 1.55. The number of nitrogens with zero attached hydrogens (tertiary/aromatic N) is 1. The van der Waals surface area contributed by atoms with Gasteiger partial charge >= 0.3 is 0 Å². The molecule has 1 saturated heterocycles. The molecule has 0 amide bonds. The fraction of sp³-hybridized carbons (Fsp3) is 0.727. The van der Waals surface area contributed by atoms with Crippen molar-refractivity contribution >= 4 is 5.71 Å². The summed E-state index contributed by atoms with van der Waals surface area (Å²) >= 11 is 0. The second kappa shape index (κ2) is 2.95. The molecule has 0 aromatic heterocycles. The minimum absolute atomic E-state index is 0.431. The van der Waals surface area contributed by atoms with Crippen LogP contribution < -0.4 is 0 Å². The Bertz CT molecular complexity index is 261. The second-order valence-electron chi connectivity index (χ2n) is 4.61. The highest BCUT2D eigenvalue weighted by Crippen LogP contribution is 2.35. The predicted octanol–water partition coefficient (Wildman–Crippen LogP) is 1.78. The van der Waals surface area contributed by atoms with Gasteiger partial charge in [0.2, 0.25) is 0 Å². The van der Waals surface area contributed by atoms with Crippen molar-refractivity contribution in [2.75, 3.05) is 20.1 Å². The highest BCUT2D eigenvalue weighted by molar-refractivity contribution is 5.93. The Hall–Kier alpha value is -0.630. The zero-order valence-electron chi connectivity index (χ0n) is 8.67. The quantitative estimate of drug-likeness (QED) is 0.517. The monoisotopic (exact) mass is 178 g/mol. The Kier molecular flexibility index (Phi) is 2.03. The van der Waals surface area contributed by atoms with Gasteiger partial charge in [-0.15, -0.1) is 0 Å². The minimum atomic E-state index is 0.431. The molecule has 2 heteroatoms. The van der Waals surface area contributed by atoms with E-state index in [0.29, 0.717) is 11.8 Å². The van der Waals surface area contributed by atoms with E-state index in [1.807, 2.05) is 0 Å². The van der Waals surface area contributed by atoms with E-state index in [0.717, 1.165) is 11.6 Å². The first kappa shape index (κ1) is 8.95. The Labute approximate surface area is 80.1 Å². The second-order valence-corrected chi connectivity index (χ2v) is 4.61. The first-order valence-electron chi connectivity index (χ1n) is 5.04. The summed E-state index contributed by atoms with van der Waals surface area (Å²) in [6, 6.07) is 0. The average molecular weight is 178 g/mol. The van der Waals surface area contributed by atoms with Crippen molar-refractivity contribution in [3.8, 4) is 0 Å². The molecule has 1 N–H and O–H groups in total. The molecule has 2 rings (SSSR count). The molecule has 1 aliphatic carbocycles. The number of nitrogens with one attached hydrogen (secondary N) is 1. The number of hydrogen-bond donors (Lipinski definition) is 1. The SMILES string of the molecule is CC1=CC1C(=N)C(C)C1CN(C)C1. The van der Waals surface area contributed by atoms with Crippen LogP contribution in [0.15, 0.2) is 11.6 Å². The molecular weight excluding hydrogens is 160 g/mol. The summed E-state index contributed by atoms with van der Waals surface area (Å²) in [5, 5.41) is 8.01. The van der Waals surface area contributed by atoms with Gasteiger partial charge in [-0.25, -0.2) is 0 Å². The molecule has 13 heavy (non-hydrogen) atoms. The number of hydrogen-bond acceptors (Lipinski definition) is 2. The van der Waals surface area contributed by atoms with Gasteiger partial charge in [0.15, 0.2) is 0 Å². The third-order valence-electron chi connectivity index (χ3n) is 3.44. The Morgan fingerprint density at radius 2 is 2.15 bits per heavy atom. The molecule has 0 radical (unpaired) electrons. The van der Waals surface area contributed by atoms with Gasteiger partial charge in [-0.2, -0.15) is 0 Å². The normalized spacial score (nSPS) is 30.7. The van der Waals surface area contributed by atoms with Gasteiger partial charge in [0, 0.05) is 24.7 Å². The summed E-state index contributed by atoms with van der Waals surface area (Å²) in [6.07, 6.45) is 2.20. The highest BCUT2D eigenvalue weighted by Gasteiger charge is 2.36. The van der Waals surface area contributed by atoms with E-state index in [1.165, 1.54) is 18.7 Å². The van der Waals surface area contributed by atoms with Crippen LogP contribution in [0.3, 0.4) is 0 Å². The Balaban J connectivity index is 1.84. The lowest BCUT2D eigenvalue weighted by atomic mass is 9.82. The van der Waals surface area contributed by atoms with Crippen LogP contribution in [0.1, 0.15) is 13.8 Å². The zero-order valence-corrected chi connectivity index (χ0v) is 8.67. The van der Waals surface area contributed by atoms with Gasteiger partial charge in [0.05, 0.1) is 0 Å². The van der Waals surface area contributed by atoms with E-state index in [-0.39, 0.29) is 0 Å². The van der Waals surface area contributed by atoms with Gasteiger partial charge in [-0.05, 0) is 25.8 Å². The largest absolute Gasteiger partial charge is 0.308 e. The lowest BCUT2D eigenvalue weighted by molar-refractivity contribution is 0.111. The summed E-state index contributed by atoms with van der Waals surface area (Å²) < 4.78 is 0. The van der Waals surface area contributed by atoms with Crippen LogP contribution in [0, 0.1) is 23.2 Å². The van der Waals surface area contributed by atoms with E-state index >= 15 is 0 Å². The van der Waals surface area contributed by atoms with E-state index in [9.17, 15) is 0 Å². The van der Waals surface area contributed by atoms with Crippen LogP contribution in [-0.2, 0) is 0 Å². The topological polar surface area (TPSA) is 27.1 Å². The van der Waals surface area contributed by atoms with Crippen molar-refractivity contribution in [1.29, 1.82) is 5.41 Å². The summed E-state index contributed by atoms with van der Waals surface area (Å²) in [5.74, 6) is 1.65. The lowest BCUT2D eigenvalue weighted by Gasteiger charge is -2.40. The van der Waals surface area contributed by atoms with Crippen molar-refractivity contribution < 1.29 is 0 Å². The number of rotatable bonds is 3. The standard InChI is InChI=1S/C11H18N2/c1-7-4-10(7)11(12)8(2)9-5-13(3)6-9/h4,8-10,12H,5-6H2,1-3H3. The number of allylic oxidation sites excluding steroid dienone is 2. The molecule has 0 bridgehead atoms. The van der Waals surface area contributed by atoms with Gasteiger partial charge in [-0.3, -0.25) is 0 Å². The third-order valence-corrected chi connectivity index (χ3v) is 3.44. The molecule has 2 atom stereocenters. The maximum absolute atomic E-state index is 8.01. The summed E-state index contributed by atoms with van der Waals surface area (Å²) in [7, 11) is 2.15. The predicted molar refractivity (Wildman–Crippen MR) is 55.1 cm³/mol. The van der Waals surface area contributed by atoms with Crippen molar-refractivity contribution in [3.05, 3.63) is 11.6 Å². The Morgan fingerprint density at radius 1 is 1.62 bits per heavy atom. The van der Waals surface area contributed by atoms with Crippen LogP contribution in [0.2, 0.25) is 0 Å². The first-order valence-corrected chi connectivity index (χ1v) is 5.04. The van der Waals surface area contributed by atoms with Crippen molar-refractivity contribution in [3.63, 3.8) is 0 Å². The molecule has 0 spiro atoms. The van der Waals surface area contributed by atoms with E-state index in [4.69, 9.17) is 5.41 Å². The fourth-order valence-electron chi connectivity index (χ4n) is 2.15. The van der Waals surface area contributed by atoms with Crippen molar-refractivity contribution in [1.82, 2.24) is 4.90 Å². The molecule has 1 aliphatic heterocycles. The molecular formula is C11H18N2. The van der Waals surface area contributed by atoms with Crippen LogP contribution in [-0.4, -0.2) is 30.7 Å². The van der Waals surface area contributed by atoms with Crippen LogP contribution in [0.25, 0.3) is 0 Å². The summed E-state index contributed by atoms with van der Waals surface area (Å²) in [6.45, 7) is 6.68. The van der Waals surface area contributed by atoms with E-state index in [1.54, 1.807) is 0 Å². The summed E-state index contributed by atoms with van der Waals surface area (Å²) in [4.78, 5) is 2.32. The molecule has 0 aromatic carbocycles. The molecule has 72 valence electrons. The average Bonchev–Trinajstić information content (AvgIpc) is 2.74. The minimum Gasteiger partial charge on any atom is -0.308 e. The maximum Gasteiger partial charge on any atom is 0.0359 e. The van der Waals surface area contributed by atoms with Crippen molar-refractivity contribution in [2.45, 2.75) is 13.8 Å². The summed E-state index contributed by atoms with van der Waals surface area (Å²) in [5.41, 5.74) is 2.33. The fourth-order valence-corrected chi connectivity index (χ4v) is 2.15. The van der Waals surface area contributed by atoms with Gasteiger partial charge in [0.25, 0.3) is 0 Å². The van der Waals surface area contributed by atoms with Crippen LogP contribution >= 0.6 is 0 Å². The van der Waals surface area contributed by atoms with Crippen LogP contribution in [0.4, 0.5) is 0 Å². The van der Waals surface area contributed by atoms with Gasteiger partial charge in [0.1, 0.15) is 0 Å². The Morgan fingerprint density at radius 3 is 2.54 bits per heavy atom. The molecule has 2 unspecified atom stereocenters. The number of likely N-dealkylation sites (tertiary alicyclic amines) is 1. The van der Waals surface area contributed by atoms with E-state index < -0.39 is 0 Å².